The third-order valence-corrected chi connectivity index (χ3v) is 7.46. The van der Waals surface area contributed by atoms with Crippen molar-refractivity contribution < 1.29 is 24.9 Å². The molecule has 2 fully saturated rings. The SMILES string of the molecule is CCCCCC1CCNC(C(=O)NC(C(C)Cl)[C@H]2O[C@H](SC)[C@H](O)[C@@H](O)[C@H]2O)CC1. The molecule has 2 rings (SSSR count). The summed E-state index contributed by atoms with van der Waals surface area (Å²) < 4.78 is 5.82. The Hall–Kier alpha value is -0.0900. The lowest BCUT2D eigenvalue weighted by atomic mass is 9.92. The van der Waals surface area contributed by atoms with Gasteiger partial charge in [-0.3, -0.25) is 4.79 Å². The molecule has 176 valence electrons. The minimum absolute atomic E-state index is 0.168. The molecule has 0 bridgehead atoms. The van der Waals surface area contributed by atoms with Crippen molar-refractivity contribution in [2.24, 2.45) is 5.92 Å². The van der Waals surface area contributed by atoms with E-state index in [1.807, 2.05) is 0 Å². The summed E-state index contributed by atoms with van der Waals surface area (Å²) in [5, 5.41) is 36.5. The van der Waals surface area contributed by atoms with E-state index in [1.54, 1.807) is 13.2 Å². The molecule has 0 aromatic heterocycles. The molecule has 9 heteroatoms. The fourth-order valence-electron chi connectivity index (χ4n) is 4.39. The fraction of sp³-hybridized carbons (Fsp3) is 0.952. The summed E-state index contributed by atoms with van der Waals surface area (Å²) in [6, 6.07) is -1.01. The monoisotopic (exact) mass is 466 g/mol. The number of thioether (sulfide) groups is 1. The van der Waals surface area contributed by atoms with Crippen LogP contribution in [0.4, 0.5) is 0 Å². The number of rotatable bonds is 9. The Bertz CT molecular complexity index is 528. The van der Waals surface area contributed by atoms with Crippen LogP contribution in [0.5, 0.6) is 0 Å². The van der Waals surface area contributed by atoms with E-state index in [-0.39, 0.29) is 11.9 Å². The molecule has 0 aliphatic carbocycles. The number of carbonyl (C=O) groups is 1. The molecule has 9 atom stereocenters. The average Bonchev–Trinajstić information content (AvgIpc) is 2.97. The van der Waals surface area contributed by atoms with Gasteiger partial charge in [-0.05, 0) is 44.9 Å². The second-order valence-corrected chi connectivity index (χ2v) is 10.2. The van der Waals surface area contributed by atoms with Crippen molar-refractivity contribution in [2.45, 2.75) is 106 Å². The Balaban J connectivity index is 1.98. The quantitative estimate of drug-likeness (QED) is 0.259. The van der Waals surface area contributed by atoms with Crippen molar-refractivity contribution in [1.82, 2.24) is 10.6 Å². The maximum atomic E-state index is 13.0. The van der Waals surface area contributed by atoms with Crippen LogP contribution in [-0.2, 0) is 9.53 Å². The summed E-state index contributed by atoms with van der Waals surface area (Å²) in [6.45, 7) is 4.73. The Labute approximate surface area is 189 Å². The highest BCUT2D eigenvalue weighted by molar-refractivity contribution is 7.99. The molecule has 2 aliphatic heterocycles. The second kappa shape index (κ2) is 12.8. The van der Waals surface area contributed by atoms with Gasteiger partial charge in [0.25, 0.3) is 0 Å². The van der Waals surface area contributed by atoms with Gasteiger partial charge < -0.3 is 30.7 Å². The summed E-state index contributed by atoms with van der Waals surface area (Å²) in [5.74, 6) is 0.478. The molecular weight excluding hydrogens is 428 g/mol. The molecule has 5 N–H and O–H groups in total. The molecule has 0 aromatic carbocycles. The number of amides is 1. The summed E-state index contributed by atoms with van der Waals surface area (Å²) in [5.41, 5.74) is -0.705. The molecule has 7 nitrogen and oxygen atoms in total. The number of nitrogens with one attached hydrogen (secondary N) is 2. The highest BCUT2D eigenvalue weighted by Crippen LogP contribution is 2.30. The number of carbonyl (C=O) groups excluding carboxylic acids is 1. The van der Waals surface area contributed by atoms with Crippen molar-refractivity contribution in [3.8, 4) is 0 Å². The van der Waals surface area contributed by atoms with Crippen molar-refractivity contribution >= 4 is 29.3 Å². The van der Waals surface area contributed by atoms with Crippen molar-refractivity contribution in [3.63, 3.8) is 0 Å². The number of hydrogen-bond donors (Lipinski definition) is 5. The number of hydrogen-bond acceptors (Lipinski definition) is 7. The standard InChI is InChI=1S/C21H39ClN2O5S/c1-4-5-6-7-13-8-9-14(23-11-10-13)20(28)24-15(12(2)22)19-17(26)16(25)18(27)21(29-19)30-3/h12-19,21,23,25-27H,4-11H2,1-3H3,(H,24,28)/t12?,13?,14?,15?,16-,17+,18+,19+,21+/m0/s1. The molecule has 1 amide bonds. The van der Waals surface area contributed by atoms with E-state index >= 15 is 0 Å². The first-order valence-corrected chi connectivity index (χ1v) is 12.9. The first kappa shape index (κ1) is 26.2. The van der Waals surface area contributed by atoms with E-state index in [1.165, 1.54) is 37.4 Å². The zero-order valence-electron chi connectivity index (χ0n) is 18.3. The first-order chi connectivity index (χ1) is 14.3. The normalized spacial score (nSPS) is 37.2. The van der Waals surface area contributed by atoms with Gasteiger partial charge in [-0.15, -0.1) is 23.4 Å². The van der Waals surface area contributed by atoms with Gasteiger partial charge in [0.2, 0.25) is 5.91 Å². The Kier molecular flexibility index (Phi) is 11.2. The lowest BCUT2D eigenvalue weighted by Crippen LogP contribution is -2.65. The number of alkyl halides is 1. The second-order valence-electron chi connectivity index (χ2n) is 8.62. The van der Waals surface area contributed by atoms with Crippen molar-refractivity contribution in [1.29, 1.82) is 0 Å². The summed E-state index contributed by atoms with van der Waals surface area (Å²) in [4.78, 5) is 13.0. The average molecular weight is 467 g/mol. The molecule has 0 saturated carbocycles. The molecule has 4 unspecified atom stereocenters. The van der Waals surface area contributed by atoms with Gasteiger partial charge in [-0.25, -0.2) is 0 Å². The lowest BCUT2D eigenvalue weighted by molar-refractivity contribution is -0.205. The van der Waals surface area contributed by atoms with Gasteiger partial charge in [-0.1, -0.05) is 32.6 Å². The zero-order valence-corrected chi connectivity index (χ0v) is 19.9. The van der Waals surface area contributed by atoms with Gasteiger partial charge in [0.05, 0.1) is 17.5 Å². The Morgan fingerprint density at radius 3 is 2.57 bits per heavy atom. The van der Waals surface area contributed by atoms with Crippen molar-refractivity contribution in [2.75, 3.05) is 12.8 Å². The summed E-state index contributed by atoms with van der Waals surface area (Å²) >= 11 is 7.59. The zero-order chi connectivity index (χ0) is 22.3. The minimum atomic E-state index is -1.36. The molecule has 30 heavy (non-hydrogen) atoms. The number of aliphatic hydroxyl groups excluding tert-OH is 3. The third kappa shape index (κ3) is 6.95. The maximum Gasteiger partial charge on any atom is 0.237 e. The van der Waals surface area contributed by atoms with E-state index in [2.05, 4.69) is 17.6 Å². The topological polar surface area (TPSA) is 111 Å². The molecule has 0 radical (unpaired) electrons. The summed E-state index contributed by atoms with van der Waals surface area (Å²) in [6.07, 6.45) is 4.69. The maximum absolute atomic E-state index is 13.0. The Morgan fingerprint density at radius 1 is 1.20 bits per heavy atom. The predicted octanol–water partition coefficient (Wildman–Crippen LogP) is 1.61. The molecule has 0 aromatic rings. The largest absolute Gasteiger partial charge is 0.388 e. The number of unbranched alkanes of at least 4 members (excludes halogenated alkanes) is 2. The summed E-state index contributed by atoms with van der Waals surface area (Å²) in [7, 11) is 0. The fourth-order valence-corrected chi connectivity index (χ4v) is 5.28. The molecule has 2 saturated heterocycles. The Morgan fingerprint density at radius 2 is 1.93 bits per heavy atom. The van der Waals surface area contributed by atoms with E-state index < -0.39 is 41.3 Å². The van der Waals surface area contributed by atoms with Gasteiger partial charge in [-0.2, -0.15) is 0 Å². The van der Waals surface area contributed by atoms with Crippen LogP contribution in [0, 0.1) is 5.92 Å². The van der Waals surface area contributed by atoms with Gasteiger partial charge >= 0.3 is 0 Å². The van der Waals surface area contributed by atoms with E-state index in [4.69, 9.17) is 16.3 Å². The predicted molar refractivity (Wildman–Crippen MR) is 121 cm³/mol. The van der Waals surface area contributed by atoms with E-state index in [0.717, 1.165) is 25.8 Å². The van der Waals surface area contributed by atoms with Crippen LogP contribution in [-0.4, -0.2) is 81.3 Å². The van der Waals surface area contributed by atoms with Crippen LogP contribution in [0.25, 0.3) is 0 Å². The molecule has 2 aliphatic rings. The number of aliphatic hydroxyl groups is 3. The highest BCUT2D eigenvalue weighted by atomic mass is 35.5. The van der Waals surface area contributed by atoms with Crippen LogP contribution in [0.3, 0.4) is 0 Å². The molecule has 0 spiro atoms. The highest BCUT2D eigenvalue weighted by Gasteiger charge is 2.48. The van der Waals surface area contributed by atoms with Crippen LogP contribution >= 0.6 is 23.4 Å². The molecular formula is C21H39ClN2O5S. The van der Waals surface area contributed by atoms with Crippen LogP contribution < -0.4 is 10.6 Å². The van der Waals surface area contributed by atoms with Gasteiger partial charge in [0, 0.05) is 0 Å². The smallest absolute Gasteiger partial charge is 0.237 e. The third-order valence-electron chi connectivity index (χ3n) is 6.34. The number of halogens is 1. The minimum Gasteiger partial charge on any atom is -0.388 e. The van der Waals surface area contributed by atoms with Crippen LogP contribution in [0.2, 0.25) is 0 Å². The lowest BCUT2D eigenvalue weighted by Gasteiger charge is -2.44. The van der Waals surface area contributed by atoms with E-state index in [0.29, 0.717) is 5.92 Å². The van der Waals surface area contributed by atoms with Gasteiger partial charge in [0.15, 0.2) is 0 Å². The molecule has 2 heterocycles. The first-order valence-electron chi connectivity index (χ1n) is 11.2. The van der Waals surface area contributed by atoms with Crippen LogP contribution in [0.1, 0.15) is 58.8 Å². The number of ether oxygens (including phenoxy) is 1. The van der Waals surface area contributed by atoms with Crippen LogP contribution in [0.15, 0.2) is 0 Å². The van der Waals surface area contributed by atoms with Gasteiger partial charge in [0.1, 0.15) is 29.9 Å². The van der Waals surface area contributed by atoms with E-state index in [9.17, 15) is 20.1 Å². The van der Waals surface area contributed by atoms with Crippen molar-refractivity contribution in [3.05, 3.63) is 0 Å².